The fraction of sp³-hybridized carbons (Fsp3) is 0.640. The Bertz CT molecular complexity index is 887. The van der Waals surface area contributed by atoms with Gasteiger partial charge in [-0.15, -0.1) is 0 Å². The second-order valence-electron chi connectivity index (χ2n) is 10.4. The predicted octanol–water partition coefficient (Wildman–Crippen LogP) is 3.56. The quantitative estimate of drug-likeness (QED) is 0.672. The van der Waals surface area contributed by atoms with Gasteiger partial charge in [0.1, 0.15) is 18.4 Å². The van der Waals surface area contributed by atoms with E-state index in [9.17, 15) is 23.9 Å². The van der Waals surface area contributed by atoms with Crippen molar-refractivity contribution in [1.29, 1.82) is 0 Å². The summed E-state index contributed by atoms with van der Waals surface area (Å²) in [6.07, 6.45) is -4.29. The van der Waals surface area contributed by atoms with Crippen LogP contribution in [-0.2, 0) is 20.7 Å². The highest BCUT2D eigenvalue weighted by atomic mass is 19.1. The minimum absolute atomic E-state index is 0.0510. The van der Waals surface area contributed by atoms with Gasteiger partial charge in [0.15, 0.2) is 0 Å². The lowest BCUT2D eigenvalue weighted by Gasteiger charge is -2.35. The molecule has 5 atom stereocenters. The number of amides is 3. The van der Waals surface area contributed by atoms with Gasteiger partial charge in [-0.1, -0.05) is 44.2 Å². The van der Waals surface area contributed by atoms with Gasteiger partial charge in [0.05, 0.1) is 30.7 Å². The zero-order valence-electron chi connectivity index (χ0n) is 20.4. The molecule has 0 spiro atoms. The Morgan fingerprint density at radius 1 is 1.21 bits per heavy atom. The fourth-order valence-corrected chi connectivity index (χ4v) is 4.52. The predicted molar refractivity (Wildman–Crippen MR) is 123 cm³/mol. The summed E-state index contributed by atoms with van der Waals surface area (Å²) in [4.78, 5) is 41.2. The van der Waals surface area contributed by atoms with Gasteiger partial charge < -0.3 is 14.6 Å². The van der Waals surface area contributed by atoms with Gasteiger partial charge in [-0.2, -0.15) is 0 Å². The molecule has 8 nitrogen and oxygen atoms in total. The third-order valence-corrected chi connectivity index (χ3v) is 6.26. The van der Waals surface area contributed by atoms with E-state index in [0.29, 0.717) is 0 Å². The lowest BCUT2D eigenvalue weighted by Crippen LogP contribution is -2.53. The molecule has 5 unspecified atom stereocenters. The zero-order valence-corrected chi connectivity index (χ0v) is 20.4. The highest BCUT2D eigenvalue weighted by Gasteiger charge is 2.49. The van der Waals surface area contributed by atoms with Crippen LogP contribution in [0.25, 0.3) is 0 Å². The van der Waals surface area contributed by atoms with Crippen molar-refractivity contribution in [3.63, 3.8) is 0 Å². The Kier molecular flexibility index (Phi) is 7.85. The molecule has 9 heteroatoms. The van der Waals surface area contributed by atoms with E-state index in [4.69, 9.17) is 9.47 Å². The van der Waals surface area contributed by atoms with E-state index in [-0.39, 0.29) is 31.9 Å². The number of nitrogens with zero attached hydrogens (tertiary/aromatic N) is 2. The minimum Gasteiger partial charge on any atom is -0.447 e. The van der Waals surface area contributed by atoms with Crippen LogP contribution in [0.4, 0.5) is 14.0 Å². The summed E-state index contributed by atoms with van der Waals surface area (Å²) in [7, 11) is 0. The van der Waals surface area contributed by atoms with Crippen molar-refractivity contribution in [2.45, 2.75) is 77.4 Å². The van der Waals surface area contributed by atoms with Gasteiger partial charge in [0, 0.05) is 6.42 Å². The summed E-state index contributed by atoms with van der Waals surface area (Å²) in [5.74, 6) is -1.73. The Morgan fingerprint density at radius 2 is 1.85 bits per heavy atom. The summed E-state index contributed by atoms with van der Waals surface area (Å²) < 4.78 is 25.0. The molecule has 1 aromatic carbocycles. The van der Waals surface area contributed by atoms with Crippen LogP contribution in [0.1, 0.15) is 46.6 Å². The van der Waals surface area contributed by atoms with Crippen LogP contribution in [0, 0.1) is 11.8 Å². The normalized spacial score (nSPS) is 24.8. The molecule has 188 valence electrons. The number of aliphatic hydroxyl groups is 1. The molecule has 34 heavy (non-hydrogen) atoms. The lowest BCUT2D eigenvalue weighted by molar-refractivity contribution is -0.139. The zero-order chi connectivity index (χ0) is 25.2. The van der Waals surface area contributed by atoms with E-state index in [1.165, 1.54) is 0 Å². The van der Waals surface area contributed by atoms with E-state index < -0.39 is 54.0 Å². The number of carbonyl (C=O) groups excluding carboxylic acids is 3. The summed E-state index contributed by atoms with van der Waals surface area (Å²) in [5, 5.41) is 11.4. The van der Waals surface area contributed by atoms with Crippen molar-refractivity contribution in [2.24, 2.45) is 11.8 Å². The smallest absolute Gasteiger partial charge is 0.416 e. The third kappa shape index (κ3) is 5.87. The van der Waals surface area contributed by atoms with Crippen molar-refractivity contribution >= 4 is 18.1 Å². The second-order valence-corrected chi connectivity index (χ2v) is 10.4. The molecule has 2 saturated heterocycles. The van der Waals surface area contributed by atoms with Crippen LogP contribution in [-0.4, -0.2) is 76.1 Å². The Labute approximate surface area is 200 Å². The molecule has 1 N–H and O–H groups in total. The minimum atomic E-state index is -1.41. The lowest BCUT2D eigenvalue weighted by atomic mass is 9.87. The molecular formula is C25H35FN2O6. The molecule has 0 bridgehead atoms. The van der Waals surface area contributed by atoms with Gasteiger partial charge in [-0.05, 0) is 38.7 Å². The maximum Gasteiger partial charge on any atom is 0.416 e. The highest BCUT2D eigenvalue weighted by Crippen LogP contribution is 2.32. The average Bonchev–Trinajstić information content (AvgIpc) is 3.33. The average molecular weight is 479 g/mol. The molecular weight excluding hydrogens is 443 g/mol. The first-order chi connectivity index (χ1) is 15.9. The number of ether oxygens (including phenoxy) is 2. The molecule has 0 aliphatic carbocycles. The number of likely N-dealkylation sites (tertiary alicyclic amines) is 1. The van der Waals surface area contributed by atoms with Crippen LogP contribution in [0.5, 0.6) is 0 Å². The number of hydrogen-bond donors (Lipinski definition) is 1. The van der Waals surface area contributed by atoms with Crippen LogP contribution in [0.3, 0.4) is 0 Å². The molecule has 2 aliphatic heterocycles. The molecule has 0 radical (unpaired) electrons. The van der Waals surface area contributed by atoms with Crippen LogP contribution in [0.2, 0.25) is 0 Å². The van der Waals surface area contributed by atoms with E-state index in [0.717, 1.165) is 15.4 Å². The van der Waals surface area contributed by atoms with Crippen molar-refractivity contribution in [3.8, 4) is 0 Å². The first-order valence-corrected chi connectivity index (χ1v) is 11.7. The van der Waals surface area contributed by atoms with Crippen molar-refractivity contribution in [3.05, 3.63) is 35.9 Å². The molecule has 1 aromatic rings. The standard InChI is InChI=1S/C25H35FN2O6/c1-15(2)20-14-33-24(32)28(20)22(30)18(11-16-9-7-6-8-10-16)21(29)19-12-17(26)13-27(19)23(31)34-25(3,4)5/h6-10,15,17-21,29H,11-14H2,1-5H3. The molecule has 0 aromatic heterocycles. The number of benzene rings is 1. The van der Waals surface area contributed by atoms with E-state index in [2.05, 4.69) is 0 Å². The molecule has 2 fully saturated rings. The number of imide groups is 1. The van der Waals surface area contributed by atoms with E-state index in [1.807, 2.05) is 44.2 Å². The fourth-order valence-electron chi connectivity index (χ4n) is 4.52. The number of alkyl halides is 1. The maximum absolute atomic E-state index is 14.5. The molecule has 2 heterocycles. The molecule has 2 aliphatic rings. The van der Waals surface area contributed by atoms with Gasteiger partial charge >= 0.3 is 12.2 Å². The van der Waals surface area contributed by atoms with E-state index >= 15 is 0 Å². The molecule has 0 saturated carbocycles. The number of aliphatic hydroxyl groups excluding tert-OH is 1. The number of cyclic esters (lactones) is 1. The molecule has 3 amide bonds. The topological polar surface area (TPSA) is 96.4 Å². The van der Waals surface area contributed by atoms with Gasteiger partial charge in [-0.25, -0.2) is 18.9 Å². The molecule has 3 rings (SSSR count). The third-order valence-electron chi connectivity index (χ3n) is 6.26. The highest BCUT2D eigenvalue weighted by molar-refractivity contribution is 5.95. The van der Waals surface area contributed by atoms with Crippen molar-refractivity contribution in [2.75, 3.05) is 13.2 Å². The Balaban J connectivity index is 1.92. The van der Waals surface area contributed by atoms with Crippen LogP contribution < -0.4 is 0 Å². The van der Waals surface area contributed by atoms with Crippen molar-refractivity contribution in [1.82, 2.24) is 9.80 Å². The number of carbonyl (C=O) groups is 3. The SMILES string of the molecule is CC(C)C1COC(=O)N1C(=O)C(Cc1ccccc1)C(O)C1CC(F)CN1C(=O)OC(C)(C)C. The monoisotopic (exact) mass is 478 g/mol. The number of hydrogen-bond acceptors (Lipinski definition) is 6. The Hall–Kier alpha value is -2.68. The second kappa shape index (κ2) is 10.3. The van der Waals surface area contributed by atoms with Crippen LogP contribution >= 0.6 is 0 Å². The number of rotatable bonds is 6. The Morgan fingerprint density at radius 3 is 2.44 bits per heavy atom. The maximum atomic E-state index is 14.5. The summed E-state index contributed by atoms with van der Waals surface area (Å²) in [6.45, 7) is 8.71. The summed E-state index contributed by atoms with van der Waals surface area (Å²) in [6, 6.07) is 7.64. The van der Waals surface area contributed by atoms with Gasteiger partial charge in [0.25, 0.3) is 0 Å². The van der Waals surface area contributed by atoms with Crippen molar-refractivity contribution < 1.29 is 33.4 Å². The van der Waals surface area contributed by atoms with Crippen LogP contribution in [0.15, 0.2) is 30.3 Å². The summed E-state index contributed by atoms with van der Waals surface area (Å²) >= 11 is 0. The van der Waals surface area contributed by atoms with Gasteiger partial charge in [0.2, 0.25) is 5.91 Å². The number of halogens is 1. The van der Waals surface area contributed by atoms with Gasteiger partial charge in [-0.3, -0.25) is 9.69 Å². The first-order valence-electron chi connectivity index (χ1n) is 11.7. The largest absolute Gasteiger partial charge is 0.447 e. The summed E-state index contributed by atoms with van der Waals surface area (Å²) in [5.41, 5.74) is -0.0310. The van der Waals surface area contributed by atoms with E-state index in [1.54, 1.807) is 20.8 Å². The first kappa shape index (κ1) is 25.9.